The fourth-order valence-corrected chi connectivity index (χ4v) is 4.59. The van der Waals surface area contributed by atoms with Gasteiger partial charge in [-0.3, -0.25) is 4.79 Å². The van der Waals surface area contributed by atoms with Crippen LogP contribution in [0.4, 0.5) is 0 Å². The van der Waals surface area contributed by atoms with Crippen LogP contribution < -0.4 is 10.1 Å². The van der Waals surface area contributed by atoms with Gasteiger partial charge in [0, 0.05) is 45.2 Å². The van der Waals surface area contributed by atoms with Gasteiger partial charge < -0.3 is 19.7 Å². The SMILES string of the molecule is COc1ccc(S(=O)(=O)N2CCN(C(=O)CC3COCCN3)CC2)cc1. The highest BCUT2D eigenvalue weighted by Gasteiger charge is 2.31. The summed E-state index contributed by atoms with van der Waals surface area (Å²) in [5, 5.41) is 3.26. The minimum Gasteiger partial charge on any atom is -0.497 e. The zero-order chi connectivity index (χ0) is 18.6. The number of amides is 1. The van der Waals surface area contributed by atoms with Crippen LogP contribution in [0.3, 0.4) is 0 Å². The maximum absolute atomic E-state index is 12.7. The molecule has 1 N–H and O–H groups in total. The van der Waals surface area contributed by atoms with Crippen molar-refractivity contribution in [3.05, 3.63) is 24.3 Å². The highest BCUT2D eigenvalue weighted by Crippen LogP contribution is 2.21. The average molecular weight is 383 g/mol. The first kappa shape index (κ1) is 19.1. The molecule has 2 aliphatic rings. The Morgan fingerprint density at radius 3 is 2.50 bits per heavy atom. The predicted octanol–water partition coefficient (Wildman–Crippen LogP) is -0.0934. The van der Waals surface area contributed by atoms with E-state index in [2.05, 4.69) is 5.32 Å². The number of piperazine rings is 1. The topological polar surface area (TPSA) is 88.2 Å². The molecule has 1 unspecified atom stereocenters. The molecule has 1 amide bonds. The van der Waals surface area contributed by atoms with Gasteiger partial charge in [-0.05, 0) is 24.3 Å². The first-order valence-corrected chi connectivity index (χ1v) is 10.2. The molecule has 144 valence electrons. The molecule has 2 saturated heterocycles. The molecule has 0 aliphatic carbocycles. The molecule has 0 saturated carbocycles. The summed E-state index contributed by atoms with van der Waals surface area (Å²) in [4.78, 5) is 14.4. The molecule has 1 aromatic rings. The molecule has 2 heterocycles. The number of hydrogen-bond donors (Lipinski definition) is 1. The quantitative estimate of drug-likeness (QED) is 0.764. The molecule has 0 aromatic heterocycles. The summed E-state index contributed by atoms with van der Waals surface area (Å²) >= 11 is 0. The van der Waals surface area contributed by atoms with Gasteiger partial charge >= 0.3 is 0 Å². The number of carbonyl (C=O) groups excluding carboxylic acids is 1. The van der Waals surface area contributed by atoms with E-state index < -0.39 is 10.0 Å². The van der Waals surface area contributed by atoms with Crippen molar-refractivity contribution in [2.24, 2.45) is 0 Å². The molecule has 2 aliphatic heterocycles. The lowest BCUT2D eigenvalue weighted by Crippen LogP contribution is -2.52. The largest absolute Gasteiger partial charge is 0.497 e. The molecule has 0 bridgehead atoms. The number of methoxy groups -OCH3 is 1. The molecule has 26 heavy (non-hydrogen) atoms. The van der Waals surface area contributed by atoms with E-state index in [1.54, 1.807) is 29.2 Å². The zero-order valence-corrected chi connectivity index (χ0v) is 15.7. The van der Waals surface area contributed by atoms with Gasteiger partial charge in [-0.2, -0.15) is 4.31 Å². The Morgan fingerprint density at radius 1 is 1.23 bits per heavy atom. The monoisotopic (exact) mass is 383 g/mol. The van der Waals surface area contributed by atoms with Crippen LogP contribution in [0.25, 0.3) is 0 Å². The molecule has 9 heteroatoms. The van der Waals surface area contributed by atoms with Crippen LogP contribution in [-0.4, -0.2) is 82.6 Å². The Morgan fingerprint density at radius 2 is 1.92 bits per heavy atom. The normalized spacial score (nSPS) is 22.2. The van der Waals surface area contributed by atoms with Crippen molar-refractivity contribution >= 4 is 15.9 Å². The average Bonchev–Trinajstić information content (AvgIpc) is 2.69. The van der Waals surface area contributed by atoms with Crippen molar-refractivity contribution in [3.8, 4) is 5.75 Å². The lowest BCUT2D eigenvalue weighted by Gasteiger charge is -2.35. The third-order valence-corrected chi connectivity index (χ3v) is 6.62. The summed E-state index contributed by atoms with van der Waals surface area (Å²) in [6.07, 6.45) is 0.380. The standard InChI is InChI=1S/C17H25N3O5S/c1-24-15-2-4-16(5-3-15)26(22,23)20-9-7-19(8-10-20)17(21)12-14-13-25-11-6-18-14/h2-5,14,18H,6-13H2,1H3. The summed E-state index contributed by atoms with van der Waals surface area (Å²) in [5.41, 5.74) is 0. The van der Waals surface area contributed by atoms with Crippen molar-refractivity contribution in [2.75, 3.05) is 53.0 Å². The lowest BCUT2D eigenvalue weighted by atomic mass is 10.1. The highest BCUT2D eigenvalue weighted by atomic mass is 32.2. The van der Waals surface area contributed by atoms with Gasteiger partial charge in [-0.1, -0.05) is 0 Å². The number of nitrogens with one attached hydrogen (secondary N) is 1. The minimum atomic E-state index is -3.56. The Kier molecular flexibility index (Phi) is 6.13. The van der Waals surface area contributed by atoms with E-state index in [0.29, 0.717) is 51.6 Å². The van der Waals surface area contributed by atoms with Gasteiger partial charge in [0.25, 0.3) is 0 Å². The Labute approximate surface area is 154 Å². The van der Waals surface area contributed by atoms with Crippen molar-refractivity contribution in [2.45, 2.75) is 17.4 Å². The second-order valence-electron chi connectivity index (χ2n) is 6.39. The second-order valence-corrected chi connectivity index (χ2v) is 8.33. The molecule has 1 atom stereocenters. The molecule has 0 radical (unpaired) electrons. The van der Waals surface area contributed by atoms with Crippen molar-refractivity contribution in [3.63, 3.8) is 0 Å². The molecule has 0 spiro atoms. The Hall–Kier alpha value is -1.68. The van der Waals surface area contributed by atoms with Crippen LogP contribution in [0.15, 0.2) is 29.2 Å². The maximum Gasteiger partial charge on any atom is 0.243 e. The van der Waals surface area contributed by atoms with Gasteiger partial charge in [0.05, 0.1) is 25.2 Å². The first-order valence-electron chi connectivity index (χ1n) is 8.74. The summed E-state index contributed by atoms with van der Waals surface area (Å²) in [7, 11) is -2.02. The van der Waals surface area contributed by atoms with E-state index in [9.17, 15) is 13.2 Å². The van der Waals surface area contributed by atoms with E-state index in [1.807, 2.05) is 0 Å². The van der Waals surface area contributed by atoms with Crippen molar-refractivity contribution < 1.29 is 22.7 Å². The van der Waals surface area contributed by atoms with Gasteiger partial charge in [0.1, 0.15) is 5.75 Å². The maximum atomic E-state index is 12.7. The summed E-state index contributed by atoms with van der Waals surface area (Å²) < 4.78 is 37.3. The Bertz CT molecular complexity index is 708. The number of carbonyl (C=O) groups is 1. The third kappa shape index (κ3) is 4.35. The first-order chi connectivity index (χ1) is 12.5. The lowest BCUT2D eigenvalue weighted by molar-refractivity contribution is -0.133. The van der Waals surface area contributed by atoms with E-state index in [1.165, 1.54) is 11.4 Å². The molecule has 8 nitrogen and oxygen atoms in total. The highest BCUT2D eigenvalue weighted by molar-refractivity contribution is 7.89. The van der Waals surface area contributed by atoms with Gasteiger partial charge in [-0.25, -0.2) is 8.42 Å². The van der Waals surface area contributed by atoms with Crippen molar-refractivity contribution in [1.29, 1.82) is 0 Å². The summed E-state index contributed by atoms with van der Waals surface area (Å²) in [5.74, 6) is 0.647. The summed E-state index contributed by atoms with van der Waals surface area (Å²) in [6.45, 7) is 3.38. The molecule has 3 rings (SSSR count). The molecular weight excluding hydrogens is 358 g/mol. The fraction of sp³-hybridized carbons (Fsp3) is 0.588. The number of benzene rings is 1. The van der Waals surface area contributed by atoms with Crippen LogP contribution in [0.1, 0.15) is 6.42 Å². The molecular formula is C17H25N3O5S. The number of nitrogens with zero attached hydrogens (tertiary/aromatic N) is 2. The third-order valence-electron chi connectivity index (χ3n) is 4.71. The number of ether oxygens (including phenoxy) is 2. The van der Waals surface area contributed by atoms with E-state index in [4.69, 9.17) is 9.47 Å². The molecule has 1 aromatic carbocycles. The van der Waals surface area contributed by atoms with Gasteiger partial charge in [0.15, 0.2) is 0 Å². The van der Waals surface area contributed by atoms with Gasteiger partial charge in [-0.15, -0.1) is 0 Å². The van der Waals surface area contributed by atoms with Crippen molar-refractivity contribution in [1.82, 2.24) is 14.5 Å². The van der Waals surface area contributed by atoms with E-state index >= 15 is 0 Å². The fourth-order valence-electron chi connectivity index (χ4n) is 3.17. The van der Waals surface area contributed by atoms with E-state index in [0.717, 1.165) is 6.54 Å². The number of hydrogen-bond acceptors (Lipinski definition) is 6. The predicted molar refractivity (Wildman–Crippen MR) is 95.6 cm³/mol. The van der Waals surface area contributed by atoms with Crippen LogP contribution >= 0.6 is 0 Å². The Balaban J connectivity index is 1.55. The van der Waals surface area contributed by atoms with Gasteiger partial charge in [0.2, 0.25) is 15.9 Å². The number of rotatable bonds is 5. The van der Waals surface area contributed by atoms with Crippen LogP contribution in [0.2, 0.25) is 0 Å². The molecule has 2 fully saturated rings. The summed E-state index contributed by atoms with van der Waals surface area (Å²) in [6, 6.07) is 6.39. The number of morpholine rings is 1. The van der Waals surface area contributed by atoms with Crippen LogP contribution in [-0.2, 0) is 19.6 Å². The minimum absolute atomic E-state index is 0.0366. The van der Waals surface area contributed by atoms with Crippen LogP contribution in [0, 0.1) is 0 Å². The zero-order valence-electron chi connectivity index (χ0n) is 14.9. The van der Waals surface area contributed by atoms with Crippen LogP contribution in [0.5, 0.6) is 5.75 Å². The van der Waals surface area contributed by atoms with E-state index in [-0.39, 0.29) is 16.8 Å². The second kappa shape index (κ2) is 8.34. The smallest absolute Gasteiger partial charge is 0.243 e. The number of sulfonamides is 1.